The molecule has 0 saturated heterocycles. The highest BCUT2D eigenvalue weighted by atomic mass is 79.9. The van der Waals surface area contributed by atoms with Gasteiger partial charge in [0.25, 0.3) is 10.0 Å². The number of hydrogen-bond donors (Lipinski definition) is 1. The second-order valence-electron chi connectivity index (χ2n) is 10.4. The van der Waals surface area contributed by atoms with Gasteiger partial charge in [0.1, 0.15) is 12.6 Å². The van der Waals surface area contributed by atoms with Gasteiger partial charge in [0, 0.05) is 22.1 Å². The molecule has 0 bridgehead atoms. The molecule has 0 spiro atoms. The molecule has 1 N–H and O–H groups in total. The molecule has 1 aliphatic carbocycles. The summed E-state index contributed by atoms with van der Waals surface area (Å²) in [6.07, 6.45) is 5.11. The largest absolute Gasteiger partial charge is 0.352 e. The minimum absolute atomic E-state index is 0.0482. The van der Waals surface area contributed by atoms with Crippen LogP contribution in [0, 0.1) is 6.92 Å². The van der Waals surface area contributed by atoms with Crippen molar-refractivity contribution in [2.24, 2.45) is 0 Å². The van der Waals surface area contributed by atoms with E-state index in [4.69, 9.17) is 11.6 Å². The molecule has 1 aliphatic rings. The van der Waals surface area contributed by atoms with E-state index in [0.29, 0.717) is 5.02 Å². The van der Waals surface area contributed by atoms with E-state index in [1.807, 2.05) is 31.2 Å². The molecule has 1 saturated carbocycles. The lowest BCUT2D eigenvalue weighted by molar-refractivity contribution is -0.139. The average Bonchev–Trinajstić information content (AvgIpc) is 2.97. The summed E-state index contributed by atoms with van der Waals surface area (Å²) in [5.74, 6) is -0.756. The molecular formula is C31H35BrClN3O4S. The molecule has 10 heteroatoms. The van der Waals surface area contributed by atoms with Crippen LogP contribution >= 0.6 is 27.5 Å². The van der Waals surface area contributed by atoms with Crippen molar-refractivity contribution in [2.45, 2.75) is 69.5 Å². The van der Waals surface area contributed by atoms with Crippen molar-refractivity contribution in [3.63, 3.8) is 0 Å². The minimum Gasteiger partial charge on any atom is -0.352 e. The number of aryl methyl sites for hydroxylation is 1. The minimum atomic E-state index is -4.14. The van der Waals surface area contributed by atoms with Gasteiger partial charge in [-0.3, -0.25) is 13.9 Å². The number of carbonyl (C=O) groups is 2. The number of benzene rings is 3. The van der Waals surface area contributed by atoms with Crippen LogP contribution in [0.25, 0.3) is 0 Å². The van der Waals surface area contributed by atoms with Crippen molar-refractivity contribution >= 4 is 55.1 Å². The molecule has 3 aromatic carbocycles. The normalized spacial score (nSPS) is 14.7. The van der Waals surface area contributed by atoms with Gasteiger partial charge < -0.3 is 10.2 Å². The summed E-state index contributed by atoms with van der Waals surface area (Å²) in [5.41, 5.74) is 1.86. The van der Waals surface area contributed by atoms with Crippen molar-refractivity contribution in [3.05, 3.63) is 93.4 Å². The van der Waals surface area contributed by atoms with Crippen molar-refractivity contribution in [1.29, 1.82) is 0 Å². The Morgan fingerprint density at radius 2 is 1.66 bits per heavy atom. The highest BCUT2D eigenvalue weighted by Crippen LogP contribution is 2.29. The molecule has 218 valence electrons. The van der Waals surface area contributed by atoms with Crippen LogP contribution in [0.2, 0.25) is 5.02 Å². The zero-order valence-corrected chi connectivity index (χ0v) is 26.4. The Hall–Kier alpha value is -2.88. The van der Waals surface area contributed by atoms with Crippen LogP contribution in [0.4, 0.5) is 5.69 Å². The first kappa shape index (κ1) is 31.1. The van der Waals surface area contributed by atoms with Crippen molar-refractivity contribution in [2.75, 3.05) is 10.8 Å². The van der Waals surface area contributed by atoms with Gasteiger partial charge in [0.15, 0.2) is 0 Å². The van der Waals surface area contributed by atoms with E-state index >= 15 is 0 Å². The Morgan fingerprint density at radius 1 is 1.00 bits per heavy atom. The van der Waals surface area contributed by atoms with E-state index in [-0.39, 0.29) is 29.1 Å². The Bertz CT molecular complexity index is 1460. The number of nitrogens with one attached hydrogen (secondary N) is 1. The first-order chi connectivity index (χ1) is 19.6. The van der Waals surface area contributed by atoms with E-state index in [9.17, 15) is 18.0 Å². The van der Waals surface area contributed by atoms with Gasteiger partial charge >= 0.3 is 0 Å². The maximum Gasteiger partial charge on any atom is 0.264 e. The molecule has 0 aliphatic heterocycles. The predicted molar refractivity (Wildman–Crippen MR) is 166 cm³/mol. The Labute approximate surface area is 256 Å². The molecule has 0 radical (unpaired) electrons. The Kier molecular flexibility index (Phi) is 10.5. The van der Waals surface area contributed by atoms with Gasteiger partial charge in [-0.15, -0.1) is 0 Å². The van der Waals surface area contributed by atoms with Crippen LogP contribution in [-0.4, -0.2) is 43.8 Å². The molecule has 3 aromatic rings. The summed E-state index contributed by atoms with van der Waals surface area (Å²) in [6.45, 7) is 3.14. The van der Waals surface area contributed by atoms with E-state index in [1.54, 1.807) is 43.3 Å². The molecule has 41 heavy (non-hydrogen) atoms. The predicted octanol–water partition coefficient (Wildman–Crippen LogP) is 6.47. The number of rotatable bonds is 10. The number of carbonyl (C=O) groups excluding carboxylic acids is 2. The van der Waals surface area contributed by atoms with Gasteiger partial charge in [-0.2, -0.15) is 0 Å². The number of amides is 2. The fourth-order valence-electron chi connectivity index (χ4n) is 4.92. The van der Waals surface area contributed by atoms with Crippen molar-refractivity contribution < 1.29 is 18.0 Å². The number of hydrogen-bond acceptors (Lipinski definition) is 4. The quantitative estimate of drug-likeness (QED) is 0.270. The zero-order chi connectivity index (χ0) is 29.6. The molecule has 0 heterocycles. The van der Waals surface area contributed by atoms with Crippen LogP contribution in [0.5, 0.6) is 0 Å². The maximum atomic E-state index is 14.1. The highest BCUT2D eigenvalue weighted by molar-refractivity contribution is 9.10. The van der Waals surface area contributed by atoms with E-state index in [0.717, 1.165) is 52.0 Å². The van der Waals surface area contributed by atoms with Crippen LogP contribution in [0.15, 0.2) is 82.2 Å². The first-order valence-electron chi connectivity index (χ1n) is 13.7. The van der Waals surface area contributed by atoms with Gasteiger partial charge in [-0.1, -0.05) is 83.2 Å². The van der Waals surface area contributed by atoms with Crippen LogP contribution in [0.1, 0.15) is 50.2 Å². The third kappa shape index (κ3) is 7.90. The van der Waals surface area contributed by atoms with Crippen molar-refractivity contribution in [1.82, 2.24) is 10.2 Å². The lowest BCUT2D eigenvalue weighted by atomic mass is 9.95. The number of sulfonamides is 1. The second kappa shape index (κ2) is 13.9. The van der Waals surface area contributed by atoms with Crippen molar-refractivity contribution in [3.8, 4) is 0 Å². The number of anilines is 1. The summed E-state index contributed by atoms with van der Waals surface area (Å²) in [6, 6.07) is 19.6. The third-order valence-electron chi connectivity index (χ3n) is 7.44. The Morgan fingerprint density at radius 3 is 2.29 bits per heavy atom. The monoisotopic (exact) mass is 659 g/mol. The molecule has 0 unspecified atom stereocenters. The summed E-state index contributed by atoms with van der Waals surface area (Å²) in [4.78, 5) is 29.0. The topological polar surface area (TPSA) is 86.8 Å². The van der Waals surface area contributed by atoms with Crippen LogP contribution < -0.4 is 9.62 Å². The van der Waals surface area contributed by atoms with E-state index < -0.39 is 28.5 Å². The summed E-state index contributed by atoms with van der Waals surface area (Å²) >= 11 is 9.82. The summed E-state index contributed by atoms with van der Waals surface area (Å²) in [7, 11) is -4.14. The van der Waals surface area contributed by atoms with Gasteiger partial charge in [0.05, 0.1) is 10.6 Å². The lowest BCUT2D eigenvalue weighted by Gasteiger charge is -2.33. The molecule has 1 fully saturated rings. The van der Waals surface area contributed by atoms with E-state index in [1.165, 1.54) is 17.0 Å². The molecule has 4 rings (SSSR count). The summed E-state index contributed by atoms with van der Waals surface area (Å²) < 4.78 is 29.7. The smallest absolute Gasteiger partial charge is 0.264 e. The number of nitrogens with zero attached hydrogens (tertiary/aromatic N) is 2. The molecular weight excluding hydrogens is 626 g/mol. The average molecular weight is 661 g/mol. The third-order valence-corrected chi connectivity index (χ3v) is 10.2. The van der Waals surface area contributed by atoms with Gasteiger partial charge in [-0.05, 0) is 74.2 Å². The zero-order valence-electron chi connectivity index (χ0n) is 23.2. The molecule has 1 atom stereocenters. The molecule has 2 amide bonds. The maximum absolute atomic E-state index is 14.1. The first-order valence-corrected chi connectivity index (χ1v) is 16.4. The molecule has 7 nitrogen and oxygen atoms in total. The number of halogens is 2. The van der Waals surface area contributed by atoms with Gasteiger partial charge in [-0.25, -0.2) is 8.42 Å². The summed E-state index contributed by atoms with van der Waals surface area (Å²) in [5, 5.41) is 3.50. The van der Waals surface area contributed by atoms with Gasteiger partial charge in [0.2, 0.25) is 11.8 Å². The Balaban J connectivity index is 1.68. The SMILES string of the molecule is Cc1ccc(N(CC(=O)N(Cc2ccc(Br)cc2)[C@@H](C)C(=O)NC2CCCCC2)S(=O)(=O)c2ccccc2)cc1Cl. The lowest BCUT2D eigenvalue weighted by Crippen LogP contribution is -2.53. The highest BCUT2D eigenvalue weighted by Gasteiger charge is 2.33. The fourth-order valence-corrected chi connectivity index (χ4v) is 6.79. The van der Waals surface area contributed by atoms with Crippen LogP contribution in [0.3, 0.4) is 0 Å². The second-order valence-corrected chi connectivity index (χ2v) is 13.6. The standard InChI is InChI=1S/C31H35BrClN3O4S/c1-22-13-18-27(19-29(22)33)36(41(39,40)28-11-7-4-8-12-28)21-30(37)35(20-24-14-16-25(32)17-15-24)23(2)31(38)34-26-9-5-3-6-10-26/h4,7-8,11-19,23,26H,3,5-6,9-10,20-21H2,1-2H3,(H,34,38)/t23-/m0/s1. The van der Waals surface area contributed by atoms with Crippen LogP contribution in [-0.2, 0) is 26.2 Å². The van der Waals surface area contributed by atoms with E-state index in [2.05, 4.69) is 21.2 Å². The molecule has 0 aromatic heterocycles. The fraction of sp³-hybridized carbons (Fsp3) is 0.355.